The molecule has 8 N–H and O–H groups in total. The molecule has 0 saturated carbocycles. The fraction of sp³-hybridized carbons (Fsp3) is 0.412. The van der Waals surface area contributed by atoms with E-state index < -0.39 is 201 Å². The van der Waals surface area contributed by atoms with Gasteiger partial charge in [0.15, 0.2) is 24.9 Å². The molecule has 0 aliphatic carbocycles. The van der Waals surface area contributed by atoms with Gasteiger partial charge in [0.05, 0.1) is 34.7 Å². The summed E-state index contributed by atoms with van der Waals surface area (Å²) in [6.45, 7) is -4.42. The van der Waals surface area contributed by atoms with Crippen molar-refractivity contribution < 1.29 is 138 Å². The van der Waals surface area contributed by atoms with Gasteiger partial charge < -0.3 is 57.5 Å². The number of hydrogen-bond donors (Lipinski definition) is 8. The molecule has 8 aliphatic rings. The van der Waals surface area contributed by atoms with Crippen molar-refractivity contribution in [2.75, 3.05) is 26.3 Å². The predicted octanol–water partition coefficient (Wildman–Crippen LogP) is 8.71. The number of nitrogens with one attached hydrogen (secondary N) is 4. The van der Waals surface area contributed by atoms with Gasteiger partial charge in [0.25, 0.3) is 22.2 Å². The van der Waals surface area contributed by atoms with Gasteiger partial charge in [-0.3, -0.25) is 93.6 Å². The molecule has 0 spiro atoms. The highest BCUT2D eigenvalue weighted by Crippen LogP contribution is 2.60. The van der Waals surface area contributed by atoms with Crippen LogP contribution in [0.4, 0.5) is 17.6 Å². The van der Waals surface area contributed by atoms with Crippen molar-refractivity contribution in [3.63, 3.8) is 0 Å². The molecule has 40 nitrogen and oxygen atoms in total. The first kappa shape index (κ1) is 81.6. The molecule has 120 heavy (non-hydrogen) atoms. The first-order valence-corrected chi connectivity index (χ1v) is 42.0. The normalized spacial score (nSPS) is 32.9. The second-order valence-electron chi connectivity index (χ2n) is 27.1. The summed E-state index contributed by atoms with van der Waals surface area (Å²) in [5.41, 5.74) is -4.81. The van der Waals surface area contributed by atoms with Crippen LogP contribution in [0, 0.1) is 27.7 Å². The number of phosphoric ester groups is 4. The second-order valence-corrected chi connectivity index (χ2v) is 35.1. The van der Waals surface area contributed by atoms with Crippen molar-refractivity contribution in [2.45, 2.75) is 153 Å². The lowest BCUT2D eigenvalue weighted by atomic mass is 10.2. The summed E-state index contributed by atoms with van der Waals surface area (Å²) in [5.74, 6) is -11.9. The van der Waals surface area contributed by atoms with Crippen molar-refractivity contribution in [1.29, 1.82) is 0 Å². The average Bonchev–Trinajstić information content (AvgIpc) is 1.58. The van der Waals surface area contributed by atoms with Crippen molar-refractivity contribution in [3.05, 3.63) is 246 Å². The molecule has 0 bridgehead atoms. The van der Waals surface area contributed by atoms with Crippen molar-refractivity contribution >= 4 is 77.7 Å². The molecule has 0 radical (unpaired) electrons. The molecule has 4 aromatic heterocycles. The maximum atomic E-state index is 15.7. The third-order valence-electron chi connectivity index (χ3n) is 17.9. The molecule has 4 fully saturated rings. The number of aliphatic hydroxyl groups is 4. The van der Waals surface area contributed by atoms with Gasteiger partial charge in [-0.15, -0.1) is 0 Å². The highest BCUT2D eigenvalue weighted by Gasteiger charge is 2.55. The molecule has 0 amide bonds. The fourth-order valence-electron chi connectivity index (χ4n) is 12.0. The van der Waals surface area contributed by atoms with E-state index in [0.717, 1.165) is 29.4 Å². The van der Waals surface area contributed by atoms with Gasteiger partial charge in [0, 0.05) is 115 Å². The van der Waals surface area contributed by atoms with E-state index >= 15 is 17.6 Å². The van der Waals surface area contributed by atoms with Crippen LogP contribution in [0.5, 0.6) is 23.0 Å². The van der Waals surface area contributed by atoms with Gasteiger partial charge in [0.1, 0.15) is 73.7 Å². The number of aryl methyl sites for hydroxylation is 4. The number of phosphoric acid groups is 4. The summed E-state index contributed by atoms with van der Waals surface area (Å²) < 4.78 is 245. The first-order chi connectivity index (χ1) is 58.5. The van der Waals surface area contributed by atoms with E-state index in [9.17, 15) is 77.0 Å². The van der Waals surface area contributed by atoms with E-state index in [4.69, 9.17) is 128 Å². The Kier molecular flexibility index (Phi) is 23.8. The maximum absolute atomic E-state index is 15.7. The minimum Gasteiger partial charge on any atom is -0.404 e. The van der Waals surface area contributed by atoms with Crippen LogP contribution in [0.1, 0.15) is 103 Å². The number of aromatic amines is 4. The predicted molar refractivity (Wildman–Crippen MR) is 404 cm³/mol. The molecule has 4 saturated heterocycles. The summed E-state index contributed by atoms with van der Waals surface area (Å²) in [7, 11) is -17.8. The Balaban J connectivity index is 0.000000144. The number of aromatic nitrogens is 8. The van der Waals surface area contributed by atoms with Gasteiger partial charge in [-0.2, -0.15) is 0 Å². The SMILES string of the molecule is Cc1cn([C@@H]2O[C@](F)(COP3(=O)OCc4cc(Cl)ccc4O3)C[C@H]2O)c(=O)[nH]c1=O.[2H]C([2H])(OP1(=O)OCc2cc(Cl)ccc2O1)[C@]1(F)C[C@@H](O)[C@H](n2cc(C)c(=O)[nH]c2=O)O1.[2H]C([2H])(OP1(=O)OCc2cc(Cl)ccc2O1)[C@]1(F)C[C@@H](O)[C@]([2H])(n2cc(C)c(=O)[nH]c2=O)O1.[2H][C@@]1(n2cc(C)c(=O)[nH]c2=O)O[C@](F)(COP2(=O)OCc3cc(Cl)ccc3O2)C[C@H]1O. The molecular formula is C68H68Cl4F4N8O32P4. The zero-order valence-corrected chi connectivity index (χ0v) is 68.2. The van der Waals surface area contributed by atoms with Crippen LogP contribution in [0.15, 0.2) is 136 Å². The fourth-order valence-corrected chi connectivity index (χ4v) is 17.4. The van der Waals surface area contributed by atoms with Gasteiger partial charge in [-0.1, -0.05) is 46.4 Å². The topological polar surface area (TPSA) is 516 Å². The number of H-pyrrole nitrogens is 4. The quantitative estimate of drug-likeness (QED) is 0.0331. The van der Waals surface area contributed by atoms with E-state index in [1.165, 1.54) is 88.4 Å². The number of rotatable bonds is 16. The van der Waals surface area contributed by atoms with Gasteiger partial charge in [-0.05, 0) is 100 Å². The summed E-state index contributed by atoms with van der Waals surface area (Å²) in [6, 6.07) is 17.6. The van der Waals surface area contributed by atoms with Crippen LogP contribution >= 0.6 is 77.7 Å². The standard InChI is InChI=1S/4C17H17ClFN2O8P/c4*1-9-6-21(16(24)20-14(9)23)15-12(22)5-17(19,28-15)8-27-30(25)26-7-10-4-11(18)2-3-13(10)29-30/h4*2-4,6,12,15,22H,5,7-8H2,1H3,(H,20,23,24)/t4*12-,15-,17+,30?/m1111/s1/i8D2,15D;15D;8D2;. The molecule has 8 aliphatic heterocycles. The van der Waals surface area contributed by atoms with Crippen LogP contribution in [0.2, 0.25) is 20.1 Å². The Morgan fingerprint density at radius 1 is 0.408 bits per heavy atom. The lowest BCUT2D eigenvalue weighted by Crippen LogP contribution is -2.37. The summed E-state index contributed by atoms with van der Waals surface area (Å²) in [6.07, 6.45) is -15.2. The second kappa shape index (κ2) is 34.9. The number of halogens is 8. The highest BCUT2D eigenvalue weighted by atomic mass is 35.5. The number of benzene rings is 4. The van der Waals surface area contributed by atoms with E-state index in [1.54, 1.807) is 12.1 Å². The number of hydrogen-bond acceptors (Lipinski definition) is 32. The smallest absolute Gasteiger partial charge is 0.404 e. The molecule has 52 heteroatoms. The Labute approximate surface area is 697 Å². The van der Waals surface area contributed by atoms with E-state index in [0.29, 0.717) is 56.0 Å². The van der Waals surface area contributed by atoms with Crippen LogP contribution in [-0.4, -0.2) is 133 Å². The number of ether oxygens (including phenoxy) is 4. The van der Waals surface area contributed by atoms with Gasteiger partial charge >= 0.3 is 54.0 Å². The number of alkyl halides is 4. The van der Waals surface area contributed by atoms with E-state index in [1.807, 2.05) is 19.9 Å². The molecule has 16 rings (SSSR count). The Morgan fingerprint density at radius 2 is 0.658 bits per heavy atom. The molecule has 4 aromatic carbocycles. The van der Waals surface area contributed by atoms with Gasteiger partial charge in [-0.25, -0.2) is 55.0 Å². The largest absolute Gasteiger partial charge is 0.530 e. The minimum atomic E-state index is -4.73. The van der Waals surface area contributed by atoms with E-state index in [-0.39, 0.29) is 71.7 Å². The number of fused-ring (bicyclic) bond motifs is 4. The first-order valence-electron chi connectivity index (χ1n) is 37.7. The molecule has 8 aromatic rings. The average molecular weight is 1860 g/mol. The Hall–Kier alpha value is -8.04. The zero-order chi connectivity index (χ0) is 92.2. The molecule has 16 atom stereocenters. The summed E-state index contributed by atoms with van der Waals surface area (Å²) in [4.78, 5) is 102. The van der Waals surface area contributed by atoms with E-state index in [2.05, 4.69) is 0 Å². The third-order valence-corrected chi connectivity index (χ3v) is 23.8. The monoisotopic (exact) mass is 1850 g/mol. The highest BCUT2D eigenvalue weighted by molar-refractivity contribution is 7.49. The molecule has 12 heterocycles. The molecular weight excluding hydrogens is 1780 g/mol. The molecule has 4 unspecified atom stereocenters. The van der Waals surface area contributed by atoms with Crippen molar-refractivity contribution in [2.24, 2.45) is 0 Å². The summed E-state index contributed by atoms with van der Waals surface area (Å²) >= 11 is 23.5. The minimum absolute atomic E-state index is 0.00942. The Morgan fingerprint density at radius 3 is 0.992 bits per heavy atom. The van der Waals surface area contributed by atoms with Crippen LogP contribution in [-0.2, 0) is 99.8 Å². The number of aliphatic hydroxyl groups excluding tert-OH is 4. The maximum Gasteiger partial charge on any atom is 0.530 e. The van der Waals surface area contributed by atoms with Crippen LogP contribution < -0.4 is 63.1 Å². The van der Waals surface area contributed by atoms with Crippen LogP contribution in [0.3, 0.4) is 0 Å². The van der Waals surface area contributed by atoms with Crippen molar-refractivity contribution in [1.82, 2.24) is 38.2 Å². The summed E-state index contributed by atoms with van der Waals surface area (Å²) in [5, 5.41) is 42.6. The van der Waals surface area contributed by atoms with Gasteiger partial charge in [0.2, 0.25) is 23.4 Å². The third kappa shape index (κ3) is 20.6. The zero-order valence-electron chi connectivity index (χ0n) is 67.6. The number of nitrogens with zero attached hydrogens (tertiary/aromatic N) is 4. The lowest BCUT2D eigenvalue weighted by molar-refractivity contribution is -0.179. The van der Waals surface area contributed by atoms with Crippen molar-refractivity contribution in [3.8, 4) is 23.0 Å². The van der Waals surface area contributed by atoms with Crippen LogP contribution in [0.25, 0.3) is 0 Å². The Bertz CT molecular complexity index is 6390. The molecule has 648 valence electrons. The lowest BCUT2D eigenvalue weighted by Gasteiger charge is -2.27.